The second-order valence-electron chi connectivity index (χ2n) is 5.16. The fourth-order valence-electron chi connectivity index (χ4n) is 2.44. The number of hydrogen-bond acceptors (Lipinski definition) is 2. The minimum Gasteiger partial charge on any atom is -0.490 e. The molecule has 1 aromatic rings. The third-order valence-corrected chi connectivity index (χ3v) is 4.12. The van der Waals surface area contributed by atoms with E-state index < -0.39 is 0 Å². The van der Waals surface area contributed by atoms with Crippen LogP contribution < -0.4 is 10.1 Å². The SMILES string of the molecule is CC(C)[C@H](Oc1ccc(Cl)c(Cl)c1)C1CCNC1. The maximum absolute atomic E-state index is 6.11. The first-order chi connectivity index (χ1) is 8.58. The molecule has 0 aromatic heterocycles. The van der Waals surface area contributed by atoms with Crippen LogP contribution in [0.1, 0.15) is 20.3 Å². The Morgan fingerprint density at radius 1 is 1.28 bits per heavy atom. The zero-order valence-electron chi connectivity index (χ0n) is 10.7. The summed E-state index contributed by atoms with van der Waals surface area (Å²) in [5.41, 5.74) is 0. The van der Waals surface area contributed by atoms with Gasteiger partial charge in [-0.1, -0.05) is 37.0 Å². The van der Waals surface area contributed by atoms with Gasteiger partial charge in [0.2, 0.25) is 0 Å². The molecule has 2 nitrogen and oxygen atoms in total. The highest BCUT2D eigenvalue weighted by molar-refractivity contribution is 6.42. The Bertz CT molecular complexity index is 403. The lowest BCUT2D eigenvalue weighted by atomic mass is 9.92. The summed E-state index contributed by atoms with van der Waals surface area (Å²) in [5.74, 6) is 1.85. The van der Waals surface area contributed by atoms with Gasteiger partial charge in [0.25, 0.3) is 0 Å². The lowest BCUT2D eigenvalue weighted by Crippen LogP contribution is -2.33. The van der Waals surface area contributed by atoms with Crippen molar-refractivity contribution in [3.63, 3.8) is 0 Å². The summed E-state index contributed by atoms with van der Waals surface area (Å²) in [4.78, 5) is 0. The van der Waals surface area contributed by atoms with Crippen LogP contribution in [-0.2, 0) is 0 Å². The van der Waals surface area contributed by atoms with Crippen molar-refractivity contribution in [2.24, 2.45) is 11.8 Å². The fraction of sp³-hybridized carbons (Fsp3) is 0.571. The van der Waals surface area contributed by atoms with Crippen LogP contribution in [0.4, 0.5) is 0 Å². The monoisotopic (exact) mass is 287 g/mol. The highest BCUT2D eigenvalue weighted by Gasteiger charge is 2.29. The Balaban J connectivity index is 2.10. The molecule has 100 valence electrons. The lowest BCUT2D eigenvalue weighted by molar-refractivity contribution is 0.0974. The molecule has 0 bridgehead atoms. The molecule has 1 N–H and O–H groups in total. The van der Waals surface area contributed by atoms with E-state index in [4.69, 9.17) is 27.9 Å². The average Bonchev–Trinajstić information content (AvgIpc) is 2.83. The van der Waals surface area contributed by atoms with E-state index in [9.17, 15) is 0 Å². The van der Waals surface area contributed by atoms with Gasteiger partial charge in [0.1, 0.15) is 11.9 Å². The number of halogens is 2. The molecule has 0 saturated carbocycles. The molecule has 1 aromatic carbocycles. The van der Waals surface area contributed by atoms with Crippen LogP contribution in [0, 0.1) is 11.8 Å². The van der Waals surface area contributed by atoms with Gasteiger partial charge >= 0.3 is 0 Å². The van der Waals surface area contributed by atoms with Crippen LogP contribution in [0.15, 0.2) is 18.2 Å². The van der Waals surface area contributed by atoms with Gasteiger partial charge in [-0.05, 0) is 31.0 Å². The van der Waals surface area contributed by atoms with Crippen LogP contribution in [0.3, 0.4) is 0 Å². The molecule has 0 aliphatic carbocycles. The third kappa shape index (κ3) is 3.31. The normalized spacial score (nSPS) is 21.3. The standard InChI is InChI=1S/C14H19Cl2NO/c1-9(2)14(10-5-6-17-8-10)18-11-3-4-12(15)13(16)7-11/h3-4,7,9-10,14,17H,5-6,8H2,1-2H3/t10?,14-/m0/s1. The van der Waals surface area contributed by atoms with Crippen molar-refractivity contribution in [2.45, 2.75) is 26.4 Å². The van der Waals surface area contributed by atoms with Gasteiger partial charge in [-0.25, -0.2) is 0 Å². The molecular weight excluding hydrogens is 269 g/mol. The molecule has 4 heteroatoms. The van der Waals surface area contributed by atoms with E-state index in [-0.39, 0.29) is 6.10 Å². The molecular formula is C14H19Cl2NO. The Hall–Kier alpha value is -0.440. The topological polar surface area (TPSA) is 21.3 Å². The van der Waals surface area contributed by atoms with Gasteiger partial charge in [0, 0.05) is 18.5 Å². The predicted molar refractivity (Wildman–Crippen MR) is 76.7 cm³/mol. The second kappa shape index (κ2) is 6.14. The molecule has 1 unspecified atom stereocenters. The van der Waals surface area contributed by atoms with Gasteiger partial charge < -0.3 is 10.1 Å². The Morgan fingerprint density at radius 3 is 2.61 bits per heavy atom. The van der Waals surface area contributed by atoms with Gasteiger partial charge in [-0.3, -0.25) is 0 Å². The van der Waals surface area contributed by atoms with Crippen molar-refractivity contribution >= 4 is 23.2 Å². The summed E-state index contributed by atoms with van der Waals surface area (Å²) in [6, 6.07) is 5.46. The molecule has 1 aliphatic rings. The number of hydrogen-bond donors (Lipinski definition) is 1. The van der Waals surface area contributed by atoms with Crippen LogP contribution in [0.5, 0.6) is 5.75 Å². The van der Waals surface area contributed by atoms with E-state index in [1.807, 2.05) is 6.07 Å². The number of benzene rings is 1. The molecule has 2 rings (SSSR count). The van der Waals surface area contributed by atoms with E-state index in [2.05, 4.69) is 19.2 Å². The lowest BCUT2D eigenvalue weighted by Gasteiger charge is -2.27. The van der Waals surface area contributed by atoms with Crippen LogP contribution in [0.2, 0.25) is 10.0 Å². The molecule has 1 aliphatic heterocycles. The molecule has 2 atom stereocenters. The van der Waals surface area contributed by atoms with Crippen molar-refractivity contribution in [3.8, 4) is 5.75 Å². The van der Waals surface area contributed by atoms with E-state index in [0.717, 1.165) is 18.8 Å². The molecule has 1 fully saturated rings. The average molecular weight is 288 g/mol. The molecule has 1 saturated heterocycles. The van der Waals surface area contributed by atoms with E-state index in [0.29, 0.717) is 21.9 Å². The van der Waals surface area contributed by atoms with Crippen molar-refractivity contribution in [3.05, 3.63) is 28.2 Å². The summed E-state index contributed by atoms with van der Waals surface area (Å²) in [7, 11) is 0. The number of ether oxygens (including phenoxy) is 1. The minimum atomic E-state index is 0.220. The number of rotatable bonds is 4. The molecule has 0 amide bonds. The predicted octanol–water partition coefficient (Wildman–Crippen LogP) is 4.01. The third-order valence-electron chi connectivity index (χ3n) is 3.38. The van der Waals surface area contributed by atoms with E-state index in [1.54, 1.807) is 12.1 Å². The highest BCUT2D eigenvalue weighted by Crippen LogP contribution is 2.30. The van der Waals surface area contributed by atoms with Gasteiger partial charge in [-0.2, -0.15) is 0 Å². The summed E-state index contributed by atoms with van der Waals surface area (Å²) < 4.78 is 6.11. The number of nitrogens with one attached hydrogen (secondary N) is 1. The maximum atomic E-state index is 6.11. The second-order valence-corrected chi connectivity index (χ2v) is 5.97. The zero-order chi connectivity index (χ0) is 13.1. The van der Waals surface area contributed by atoms with E-state index in [1.165, 1.54) is 6.42 Å². The Labute approximate surface area is 119 Å². The summed E-state index contributed by atoms with van der Waals surface area (Å²) in [6.45, 7) is 6.50. The van der Waals surface area contributed by atoms with E-state index >= 15 is 0 Å². The summed E-state index contributed by atoms with van der Waals surface area (Å²) in [5, 5.41) is 4.49. The minimum absolute atomic E-state index is 0.220. The first kappa shape index (κ1) is 14.0. The quantitative estimate of drug-likeness (QED) is 0.904. The van der Waals surface area contributed by atoms with Crippen LogP contribution >= 0.6 is 23.2 Å². The molecule has 1 heterocycles. The maximum Gasteiger partial charge on any atom is 0.121 e. The van der Waals surface area contributed by atoms with Gasteiger partial charge in [-0.15, -0.1) is 0 Å². The Kier molecular flexibility index (Phi) is 4.77. The smallest absolute Gasteiger partial charge is 0.121 e. The first-order valence-electron chi connectivity index (χ1n) is 6.40. The van der Waals surface area contributed by atoms with Crippen molar-refractivity contribution in [1.29, 1.82) is 0 Å². The summed E-state index contributed by atoms with van der Waals surface area (Å²) >= 11 is 11.9. The van der Waals surface area contributed by atoms with Crippen molar-refractivity contribution in [2.75, 3.05) is 13.1 Å². The largest absolute Gasteiger partial charge is 0.490 e. The van der Waals surface area contributed by atoms with Gasteiger partial charge in [0.15, 0.2) is 0 Å². The van der Waals surface area contributed by atoms with Crippen molar-refractivity contribution in [1.82, 2.24) is 5.32 Å². The zero-order valence-corrected chi connectivity index (χ0v) is 12.3. The Morgan fingerprint density at radius 2 is 2.06 bits per heavy atom. The van der Waals surface area contributed by atoms with Gasteiger partial charge in [0.05, 0.1) is 10.0 Å². The molecule has 0 spiro atoms. The summed E-state index contributed by atoms with van der Waals surface area (Å²) in [6.07, 6.45) is 1.39. The van der Waals surface area contributed by atoms with Crippen LogP contribution in [-0.4, -0.2) is 19.2 Å². The van der Waals surface area contributed by atoms with Crippen LogP contribution in [0.25, 0.3) is 0 Å². The highest BCUT2D eigenvalue weighted by atomic mass is 35.5. The van der Waals surface area contributed by atoms with Crippen molar-refractivity contribution < 1.29 is 4.74 Å². The first-order valence-corrected chi connectivity index (χ1v) is 7.16. The fourth-order valence-corrected chi connectivity index (χ4v) is 2.73. The molecule has 18 heavy (non-hydrogen) atoms. The molecule has 0 radical (unpaired) electrons.